The first kappa shape index (κ1) is 7.76. The fraction of sp³-hybridized carbons (Fsp3) is 0.333. The summed E-state index contributed by atoms with van der Waals surface area (Å²) in [5.74, 6) is 0.797. The van der Waals surface area contributed by atoms with Crippen LogP contribution in [0.4, 0.5) is 0 Å². The molecule has 0 saturated carbocycles. The van der Waals surface area contributed by atoms with Crippen molar-refractivity contribution >= 4 is 23.2 Å². The Hall–Kier alpha value is -0.340. The number of alkyl halides is 2. The Kier molecular flexibility index (Phi) is 2.90. The van der Waals surface area contributed by atoms with Crippen molar-refractivity contribution in [2.45, 2.75) is 11.8 Å². The van der Waals surface area contributed by atoms with Gasteiger partial charge in [-0.15, -0.1) is 23.2 Å². The molecule has 0 amide bonds. The molecule has 10 heavy (non-hydrogen) atoms. The van der Waals surface area contributed by atoms with Crippen LogP contribution in [0, 0.1) is 0 Å². The molecule has 0 saturated heterocycles. The summed E-state index contributed by atoms with van der Waals surface area (Å²) in [7, 11) is 0. The van der Waals surface area contributed by atoms with Gasteiger partial charge in [0, 0.05) is 0 Å². The third kappa shape index (κ3) is 1.82. The Labute approximate surface area is 69.2 Å². The molecule has 0 aliphatic heterocycles. The molecule has 54 valence electrons. The van der Waals surface area contributed by atoms with Crippen LogP contribution in [0.5, 0.6) is 0 Å². The number of rotatable bonds is 2. The topological polar surface area (TPSA) is 25.8 Å². The molecule has 0 spiro atoms. The molecule has 0 bridgehead atoms. The standard InChI is InChI=1S/C6H6Cl2N2/c7-3-5-1-2-6(4-8)10-9-5/h1-2H,3-4H2. The molecule has 0 N–H and O–H groups in total. The molecule has 0 aliphatic rings. The van der Waals surface area contributed by atoms with Crippen molar-refractivity contribution in [1.29, 1.82) is 0 Å². The Morgan fingerprint density at radius 2 is 1.40 bits per heavy atom. The van der Waals surface area contributed by atoms with Gasteiger partial charge in [0.25, 0.3) is 0 Å². The predicted octanol–water partition coefficient (Wildman–Crippen LogP) is 1.95. The average Bonchev–Trinajstić information content (AvgIpc) is 2.05. The monoisotopic (exact) mass is 176 g/mol. The van der Waals surface area contributed by atoms with Gasteiger partial charge in [-0.3, -0.25) is 0 Å². The Balaban J connectivity index is 2.80. The van der Waals surface area contributed by atoms with E-state index < -0.39 is 0 Å². The molecular formula is C6H6Cl2N2. The van der Waals surface area contributed by atoms with Gasteiger partial charge in [-0.2, -0.15) is 10.2 Å². The molecule has 1 aromatic rings. The van der Waals surface area contributed by atoms with Crippen molar-refractivity contribution in [1.82, 2.24) is 10.2 Å². The van der Waals surface area contributed by atoms with Crippen LogP contribution in [0.3, 0.4) is 0 Å². The van der Waals surface area contributed by atoms with Gasteiger partial charge in [0.1, 0.15) is 0 Å². The zero-order valence-corrected chi connectivity index (χ0v) is 6.73. The fourth-order valence-corrected chi connectivity index (χ4v) is 0.815. The normalized spacial score (nSPS) is 9.80. The lowest BCUT2D eigenvalue weighted by Crippen LogP contribution is -1.92. The fourth-order valence-electron chi connectivity index (χ4n) is 0.530. The van der Waals surface area contributed by atoms with E-state index in [0.29, 0.717) is 11.8 Å². The number of aromatic nitrogens is 2. The second-order valence-corrected chi connectivity index (χ2v) is 2.32. The van der Waals surface area contributed by atoms with Crippen molar-refractivity contribution in [3.63, 3.8) is 0 Å². The molecule has 0 atom stereocenters. The summed E-state index contributed by atoms with van der Waals surface area (Å²) >= 11 is 11.0. The SMILES string of the molecule is ClCc1ccc(CCl)nn1. The zero-order chi connectivity index (χ0) is 7.40. The van der Waals surface area contributed by atoms with Crippen LogP contribution in [0.2, 0.25) is 0 Å². The maximum Gasteiger partial charge on any atom is 0.0778 e. The summed E-state index contributed by atoms with van der Waals surface area (Å²) in [6, 6.07) is 3.63. The van der Waals surface area contributed by atoms with Gasteiger partial charge in [0.15, 0.2) is 0 Å². The van der Waals surface area contributed by atoms with Crippen molar-refractivity contribution in [2.24, 2.45) is 0 Å². The Morgan fingerprint density at radius 1 is 1.00 bits per heavy atom. The minimum atomic E-state index is 0.398. The summed E-state index contributed by atoms with van der Waals surface area (Å²) in [6.45, 7) is 0. The molecule has 0 aliphatic carbocycles. The van der Waals surface area contributed by atoms with Gasteiger partial charge in [0.05, 0.1) is 23.1 Å². The van der Waals surface area contributed by atoms with Gasteiger partial charge in [-0.05, 0) is 12.1 Å². The van der Waals surface area contributed by atoms with Crippen LogP contribution in [0.1, 0.15) is 11.4 Å². The molecule has 1 aromatic heterocycles. The molecule has 1 heterocycles. The second-order valence-electron chi connectivity index (χ2n) is 1.78. The quantitative estimate of drug-likeness (QED) is 0.645. The highest BCUT2D eigenvalue weighted by molar-refractivity contribution is 6.17. The van der Waals surface area contributed by atoms with Crippen LogP contribution in [-0.2, 0) is 11.8 Å². The molecule has 0 fully saturated rings. The third-order valence-electron chi connectivity index (χ3n) is 1.05. The second kappa shape index (κ2) is 3.74. The van der Waals surface area contributed by atoms with Crippen LogP contribution in [-0.4, -0.2) is 10.2 Å². The zero-order valence-electron chi connectivity index (χ0n) is 5.22. The first-order valence-corrected chi connectivity index (χ1v) is 3.87. The van der Waals surface area contributed by atoms with Gasteiger partial charge in [-0.25, -0.2) is 0 Å². The van der Waals surface area contributed by atoms with Gasteiger partial charge in [0.2, 0.25) is 0 Å². The Morgan fingerprint density at radius 3 is 1.60 bits per heavy atom. The van der Waals surface area contributed by atoms with E-state index in [1.165, 1.54) is 0 Å². The van der Waals surface area contributed by atoms with Crippen LogP contribution in [0.25, 0.3) is 0 Å². The maximum atomic E-state index is 5.49. The molecule has 4 heteroatoms. The van der Waals surface area contributed by atoms with E-state index >= 15 is 0 Å². The maximum absolute atomic E-state index is 5.49. The van der Waals surface area contributed by atoms with Gasteiger partial charge < -0.3 is 0 Å². The molecule has 0 radical (unpaired) electrons. The lowest BCUT2D eigenvalue weighted by molar-refractivity contribution is 0.923. The van der Waals surface area contributed by atoms with E-state index in [2.05, 4.69) is 10.2 Å². The van der Waals surface area contributed by atoms with E-state index in [-0.39, 0.29) is 0 Å². The lowest BCUT2D eigenvalue weighted by atomic mass is 10.4. The van der Waals surface area contributed by atoms with Crippen LogP contribution >= 0.6 is 23.2 Å². The van der Waals surface area contributed by atoms with Crippen LogP contribution in [0.15, 0.2) is 12.1 Å². The third-order valence-corrected chi connectivity index (χ3v) is 1.60. The van der Waals surface area contributed by atoms with Crippen molar-refractivity contribution in [2.75, 3.05) is 0 Å². The molecular weight excluding hydrogens is 171 g/mol. The largest absolute Gasteiger partial charge is 0.154 e. The van der Waals surface area contributed by atoms with Gasteiger partial charge >= 0.3 is 0 Å². The summed E-state index contributed by atoms with van der Waals surface area (Å²) < 4.78 is 0. The summed E-state index contributed by atoms with van der Waals surface area (Å²) in [6.07, 6.45) is 0. The van der Waals surface area contributed by atoms with E-state index in [4.69, 9.17) is 23.2 Å². The highest BCUT2D eigenvalue weighted by Crippen LogP contribution is 2.01. The first-order chi connectivity index (χ1) is 4.86. The molecule has 0 aromatic carbocycles. The van der Waals surface area contributed by atoms with E-state index in [9.17, 15) is 0 Å². The van der Waals surface area contributed by atoms with Crippen molar-refractivity contribution in [3.8, 4) is 0 Å². The van der Waals surface area contributed by atoms with E-state index in [1.54, 1.807) is 0 Å². The number of halogens is 2. The number of hydrogen-bond donors (Lipinski definition) is 0. The van der Waals surface area contributed by atoms with E-state index in [0.717, 1.165) is 11.4 Å². The van der Waals surface area contributed by atoms with Gasteiger partial charge in [-0.1, -0.05) is 0 Å². The van der Waals surface area contributed by atoms with E-state index in [1.807, 2.05) is 12.1 Å². The summed E-state index contributed by atoms with van der Waals surface area (Å²) in [5.41, 5.74) is 1.55. The number of hydrogen-bond acceptors (Lipinski definition) is 2. The molecule has 2 nitrogen and oxygen atoms in total. The first-order valence-electron chi connectivity index (χ1n) is 2.80. The van der Waals surface area contributed by atoms with Crippen molar-refractivity contribution < 1.29 is 0 Å². The Bertz CT molecular complexity index is 174. The highest BCUT2D eigenvalue weighted by Gasteiger charge is 1.93. The lowest BCUT2D eigenvalue weighted by Gasteiger charge is -1.93. The summed E-state index contributed by atoms with van der Waals surface area (Å²) in [5, 5.41) is 7.60. The molecule has 0 unspecified atom stereocenters. The van der Waals surface area contributed by atoms with Crippen LogP contribution < -0.4 is 0 Å². The van der Waals surface area contributed by atoms with Crippen molar-refractivity contribution in [3.05, 3.63) is 23.5 Å². The average molecular weight is 177 g/mol. The highest BCUT2D eigenvalue weighted by atomic mass is 35.5. The minimum absolute atomic E-state index is 0.398. The number of nitrogens with zero attached hydrogens (tertiary/aromatic N) is 2. The minimum Gasteiger partial charge on any atom is -0.154 e. The predicted molar refractivity (Wildman–Crippen MR) is 41.1 cm³/mol. The molecule has 1 rings (SSSR count). The smallest absolute Gasteiger partial charge is 0.0778 e. The summed E-state index contributed by atoms with van der Waals surface area (Å²) in [4.78, 5) is 0.